The molecule has 0 unspecified atom stereocenters. The van der Waals surface area contributed by atoms with Crippen molar-refractivity contribution in [3.05, 3.63) is 41.5 Å². The first-order chi connectivity index (χ1) is 13.2. The molecule has 3 rings (SSSR count). The van der Waals surface area contributed by atoms with Gasteiger partial charge < -0.3 is 29.0 Å². The summed E-state index contributed by atoms with van der Waals surface area (Å²) in [4.78, 5) is 4.49. The maximum atomic E-state index is 6.13. The summed E-state index contributed by atoms with van der Waals surface area (Å²) < 4.78 is 27.8. The lowest BCUT2D eigenvalue weighted by Crippen LogP contribution is -2.20. The maximum absolute atomic E-state index is 6.13. The normalized spacial score (nSPS) is 12.8. The number of hydrogen-bond acceptors (Lipinski definition) is 7. The lowest BCUT2D eigenvalue weighted by molar-refractivity contribution is 0.280. The second-order valence-electron chi connectivity index (χ2n) is 5.82. The first-order valence-electron chi connectivity index (χ1n) is 8.59. The van der Waals surface area contributed by atoms with Crippen molar-refractivity contribution in [2.24, 2.45) is 4.99 Å². The lowest BCUT2D eigenvalue weighted by Gasteiger charge is -2.17. The molecular formula is C20H24N2O5. The zero-order chi connectivity index (χ0) is 19.2. The third kappa shape index (κ3) is 3.86. The van der Waals surface area contributed by atoms with Crippen molar-refractivity contribution in [2.75, 3.05) is 41.5 Å². The number of aliphatic imine (C=N–C) groups is 1. The number of methoxy groups -OCH3 is 4. The molecule has 144 valence electrons. The van der Waals surface area contributed by atoms with E-state index in [0.717, 1.165) is 30.1 Å². The molecule has 1 aliphatic heterocycles. The zero-order valence-corrected chi connectivity index (χ0v) is 16.0. The van der Waals surface area contributed by atoms with Gasteiger partial charge in [-0.25, -0.2) is 0 Å². The van der Waals surface area contributed by atoms with Crippen molar-refractivity contribution in [3.63, 3.8) is 0 Å². The quantitative estimate of drug-likeness (QED) is 0.768. The summed E-state index contributed by atoms with van der Waals surface area (Å²) in [5.74, 6) is 3.81. The lowest BCUT2D eigenvalue weighted by atomic mass is 10.1. The van der Waals surface area contributed by atoms with Gasteiger partial charge in [0.1, 0.15) is 12.4 Å². The minimum atomic E-state index is 0.303. The predicted octanol–water partition coefficient (Wildman–Crippen LogP) is 2.65. The van der Waals surface area contributed by atoms with Crippen molar-refractivity contribution in [2.45, 2.75) is 6.61 Å². The monoisotopic (exact) mass is 372 g/mol. The summed E-state index contributed by atoms with van der Waals surface area (Å²) in [7, 11) is 6.37. The highest BCUT2D eigenvalue weighted by atomic mass is 16.5. The summed E-state index contributed by atoms with van der Waals surface area (Å²) in [6, 6.07) is 9.47. The van der Waals surface area contributed by atoms with Crippen LogP contribution in [-0.2, 0) is 6.61 Å². The van der Waals surface area contributed by atoms with Gasteiger partial charge in [0.2, 0.25) is 5.75 Å². The van der Waals surface area contributed by atoms with Crippen molar-refractivity contribution in [3.8, 4) is 28.7 Å². The summed E-state index contributed by atoms with van der Waals surface area (Å²) in [6.07, 6.45) is 0. The molecule has 0 spiro atoms. The Morgan fingerprint density at radius 1 is 0.889 bits per heavy atom. The molecule has 0 atom stereocenters. The number of para-hydroxylation sites is 1. The van der Waals surface area contributed by atoms with Crippen molar-refractivity contribution in [1.29, 1.82) is 0 Å². The Bertz CT molecular complexity index is 810. The van der Waals surface area contributed by atoms with Crippen LogP contribution in [0.2, 0.25) is 0 Å². The van der Waals surface area contributed by atoms with Gasteiger partial charge in [-0.2, -0.15) is 0 Å². The average Bonchev–Trinajstić information content (AvgIpc) is 3.25. The van der Waals surface area contributed by atoms with E-state index in [2.05, 4.69) is 10.3 Å². The number of ether oxygens (including phenoxy) is 5. The molecule has 0 bridgehead atoms. The van der Waals surface area contributed by atoms with Crippen molar-refractivity contribution < 1.29 is 23.7 Å². The molecule has 1 aliphatic rings. The molecule has 7 heteroatoms. The van der Waals surface area contributed by atoms with Crippen molar-refractivity contribution in [1.82, 2.24) is 5.32 Å². The molecule has 2 aromatic rings. The SMILES string of the molecule is COc1cc(COc2c(OC)cccc2C2=NCCN2)cc(OC)c1OC. The van der Waals surface area contributed by atoms with Gasteiger partial charge in [-0.1, -0.05) is 6.07 Å². The fraction of sp³-hybridized carbons (Fsp3) is 0.350. The Morgan fingerprint density at radius 3 is 2.15 bits per heavy atom. The summed E-state index contributed by atoms with van der Waals surface area (Å²) in [5, 5.41) is 3.27. The molecule has 0 aliphatic carbocycles. The van der Waals surface area contributed by atoms with E-state index in [0.29, 0.717) is 35.4 Å². The average molecular weight is 372 g/mol. The second-order valence-corrected chi connectivity index (χ2v) is 5.82. The first kappa shape index (κ1) is 18.7. The van der Waals surface area contributed by atoms with Crippen LogP contribution in [0.5, 0.6) is 28.7 Å². The van der Waals surface area contributed by atoms with Crippen LogP contribution in [0, 0.1) is 0 Å². The second kappa shape index (κ2) is 8.53. The van der Waals surface area contributed by atoms with E-state index in [9.17, 15) is 0 Å². The highest BCUT2D eigenvalue weighted by Gasteiger charge is 2.19. The number of rotatable bonds is 8. The molecular weight excluding hydrogens is 348 g/mol. The summed E-state index contributed by atoms with van der Waals surface area (Å²) in [6.45, 7) is 1.87. The number of benzene rings is 2. The van der Waals surface area contributed by atoms with E-state index in [1.54, 1.807) is 28.4 Å². The summed E-state index contributed by atoms with van der Waals surface area (Å²) >= 11 is 0. The van der Waals surface area contributed by atoms with Crippen LogP contribution in [0.3, 0.4) is 0 Å². The van der Waals surface area contributed by atoms with E-state index in [-0.39, 0.29) is 0 Å². The Labute approximate surface area is 158 Å². The van der Waals surface area contributed by atoms with Gasteiger partial charge in [0.15, 0.2) is 23.0 Å². The van der Waals surface area contributed by atoms with E-state index < -0.39 is 0 Å². The molecule has 0 radical (unpaired) electrons. The fourth-order valence-corrected chi connectivity index (χ4v) is 2.96. The number of hydrogen-bond donors (Lipinski definition) is 1. The van der Waals surface area contributed by atoms with Crippen LogP contribution in [-0.4, -0.2) is 47.4 Å². The van der Waals surface area contributed by atoms with E-state index in [1.165, 1.54) is 0 Å². The van der Waals surface area contributed by atoms with Gasteiger partial charge in [-0.05, 0) is 29.8 Å². The number of nitrogens with one attached hydrogen (secondary N) is 1. The molecule has 0 aromatic heterocycles. The molecule has 7 nitrogen and oxygen atoms in total. The fourth-order valence-electron chi connectivity index (χ4n) is 2.96. The highest BCUT2D eigenvalue weighted by Crippen LogP contribution is 2.39. The molecule has 1 N–H and O–H groups in total. The van der Waals surface area contributed by atoms with Crippen molar-refractivity contribution >= 4 is 5.84 Å². The minimum Gasteiger partial charge on any atom is -0.493 e. The van der Waals surface area contributed by atoms with Gasteiger partial charge in [0.25, 0.3) is 0 Å². The molecule has 0 amide bonds. The number of amidine groups is 1. The standard InChI is InChI=1S/C20H24N2O5/c1-23-15-7-5-6-14(20-21-8-9-22-20)18(15)27-12-13-10-16(24-2)19(26-4)17(11-13)25-3/h5-7,10-11H,8-9,12H2,1-4H3,(H,21,22). The molecule has 27 heavy (non-hydrogen) atoms. The predicted molar refractivity (Wildman–Crippen MR) is 103 cm³/mol. The van der Waals surface area contributed by atoms with Crippen LogP contribution in [0.25, 0.3) is 0 Å². The Kier molecular flexibility index (Phi) is 5.90. The highest BCUT2D eigenvalue weighted by molar-refractivity contribution is 6.02. The number of nitrogens with zero attached hydrogens (tertiary/aromatic N) is 1. The van der Waals surface area contributed by atoms with Gasteiger partial charge in [-0.3, -0.25) is 4.99 Å². The van der Waals surface area contributed by atoms with Gasteiger partial charge in [0, 0.05) is 6.54 Å². The largest absolute Gasteiger partial charge is 0.493 e. The Hall–Kier alpha value is -3.09. The van der Waals surface area contributed by atoms with Crippen LogP contribution in [0.15, 0.2) is 35.3 Å². The van der Waals surface area contributed by atoms with Gasteiger partial charge in [-0.15, -0.1) is 0 Å². The molecule has 0 saturated carbocycles. The third-order valence-corrected chi connectivity index (χ3v) is 4.24. The third-order valence-electron chi connectivity index (χ3n) is 4.24. The van der Waals surface area contributed by atoms with Crippen LogP contribution in [0.4, 0.5) is 0 Å². The Balaban J connectivity index is 1.91. The van der Waals surface area contributed by atoms with E-state index in [1.807, 2.05) is 30.3 Å². The van der Waals surface area contributed by atoms with Gasteiger partial charge >= 0.3 is 0 Å². The first-order valence-corrected chi connectivity index (χ1v) is 8.59. The topological polar surface area (TPSA) is 70.5 Å². The Morgan fingerprint density at radius 2 is 1.59 bits per heavy atom. The molecule has 0 saturated heterocycles. The van der Waals surface area contributed by atoms with Crippen LogP contribution >= 0.6 is 0 Å². The minimum absolute atomic E-state index is 0.303. The smallest absolute Gasteiger partial charge is 0.203 e. The molecule has 1 heterocycles. The van der Waals surface area contributed by atoms with Gasteiger partial charge in [0.05, 0.1) is 40.5 Å². The van der Waals surface area contributed by atoms with E-state index >= 15 is 0 Å². The maximum Gasteiger partial charge on any atom is 0.203 e. The zero-order valence-electron chi connectivity index (χ0n) is 16.0. The van der Waals surface area contributed by atoms with Crippen LogP contribution < -0.4 is 29.0 Å². The van der Waals surface area contributed by atoms with Crippen LogP contribution in [0.1, 0.15) is 11.1 Å². The molecule has 0 fully saturated rings. The molecule has 2 aromatic carbocycles. The summed E-state index contributed by atoms with van der Waals surface area (Å²) in [5.41, 5.74) is 1.75. The van der Waals surface area contributed by atoms with E-state index in [4.69, 9.17) is 23.7 Å².